The van der Waals surface area contributed by atoms with Crippen LogP contribution in [0.3, 0.4) is 0 Å². The van der Waals surface area contributed by atoms with E-state index in [0.717, 1.165) is 50.1 Å². The first kappa shape index (κ1) is 37.3. The van der Waals surface area contributed by atoms with E-state index in [1.807, 2.05) is 77.5 Å². The molecule has 0 heterocycles. The summed E-state index contributed by atoms with van der Waals surface area (Å²) < 4.78 is 0. The lowest BCUT2D eigenvalue weighted by Crippen LogP contribution is -2.29. The van der Waals surface area contributed by atoms with Crippen LogP contribution < -0.4 is 5.32 Å². The maximum Gasteiger partial charge on any atom is 0.124 e. The third kappa shape index (κ3) is 8.79. The Morgan fingerprint density at radius 1 is 0.457 bits per heavy atom. The first-order valence-corrected chi connectivity index (χ1v) is 15.9. The molecule has 0 unspecified atom stereocenters. The first-order valence-electron chi connectivity index (χ1n) is 15.9. The number of aromatic hydroxyl groups is 3. The molecular weight excluding hydrogens is 576 g/mol. The van der Waals surface area contributed by atoms with Crippen molar-refractivity contribution < 1.29 is 15.3 Å². The summed E-state index contributed by atoms with van der Waals surface area (Å²) in [6.45, 7) is 5.64. The summed E-state index contributed by atoms with van der Waals surface area (Å²) in [5.41, 5.74) is 7.48. The van der Waals surface area contributed by atoms with Crippen molar-refractivity contribution >= 4 is 0 Å². The van der Waals surface area contributed by atoms with E-state index in [9.17, 15) is 15.3 Å². The average molecular weight is 635 g/mol. The predicted molar refractivity (Wildman–Crippen MR) is 190 cm³/mol. The first-order chi connectivity index (χ1) is 21.5. The quantitative estimate of drug-likeness (QED) is 0.184. The molecule has 0 radical (unpaired) electrons. The van der Waals surface area contributed by atoms with Crippen LogP contribution in [0.15, 0.2) is 36.4 Å². The van der Waals surface area contributed by atoms with Crippen LogP contribution in [0.4, 0.5) is 0 Å². The molecule has 3 aromatic carbocycles. The van der Waals surface area contributed by atoms with Gasteiger partial charge in [0.1, 0.15) is 17.2 Å². The highest BCUT2D eigenvalue weighted by atomic mass is 16.3. The highest BCUT2D eigenvalue weighted by Crippen LogP contribution is 2.45. The minimum absolute atomic E-state index is 0.300. The number of nitrogens with zero attached hydrogens (tertiary/aromatic N) is 5. The lowest BCUT2D eigenvalue weighted by molar-refractivity contribution is 0.366. The highest BCUT2D eigenvalue weighted by Gasteiger charge is 2.35. The van der Waals surface area contributed by atoms with E-state index in [0.29, 0.717) is 56.5 Å². The topological polar surface area (TPSA) is 88.9 Å². The largest absolute Gasteiger partial charge is 0.507 e. The zero-order valence-corrected chi connectivity index (χ0v) is 30.3. The molecule has 0 spiro atoms. The minimum atomic E-state index is -0.719. The Labute approximate surface area is 277 Å². The molecule has 4 N–H and O–H groups in total. The second-order valence-electron chi connectivity index (χ2n) is 14.3. The van der Waals surface area contributed by atoms with Gasteiger partial charge >= 0.3 is 0 Å². The maximum absolute atomic E-state index is 11.5. The van der Waals surface area contributed by atoms with E-state index < -0.39 is 5.41 Å². The van der Waals surface area contributed by atoms with Crippen molar-refractivity contribution in [2.45, 2.75) is 51.6 Å². The van der Waals surface area contributed by atoms with Crippen LogP contribution in [0.2, 0.25) is 0 Å². The monoisotopic (exact) mass is 634 g/mol. The fraction of sp³-hybridized carbons (Fsp3) is 0.514. The number of phenolic OH excluding ortho intramolecular Hbond substituents is 3. The van der Waals surface area contributed by atoms with Gasteiger partial charge in [0.15, 0.2) is 0 Å². The van der Waals surface area contributed by atoms with E-state index in [4.69, 9.17) is 0 Å². The van der Waals surface area contributed by atoms with Crippen LogP contribution in [0, 0.1) is 0 Å². The van der Waals surface area contributed by atoms with E-state index >= 15 is 0 Å². The molecule has 3 rings (SSSR count). The Morgan fingerprint density at radius 2 is 0.674 bits per heavy atom. The lowest BCUT2D eigenvalue weighted by atomic mass is 9.68. The number of benzene rings is 3. The molecule has 0 saturated heterocycles. The Kier molecular flexibility index (Phi) is 12.6. The summed E-state index contributed by atoms with van der Waals surface area (Å²) in [7, 11) is 22.0. The van der Waals surface area contributed by atoms with Crippen LogP contribution in [0.25, 0.3) is 0 Å². The molecule has 3 aromatic rings. The molecule has 0 aliphatic rings. The molecular formula is C37H58N6O3. The molecule has 0 bridgehead atoms. The summed E-state index contributed by atoms with van der Waals surface area (Å²) in [6.07, 6.45) is 0. The van der Waals surface area contributed by atoms with Crippen molar-refractivity contribution in [3.8, 4) is 17.2 Å². The summed E-state index contributed by atoms with van der Waals surface area (Å²) >= 11 is 0. The van der Waals surface area contributed by atoms with Crippen LogP contribution in [-0.2, 0) is 44.7 Å². The minimum Gasteiger partial charge on any atom is -0.507 e. The fourth-order valence-corrected chi connectivity index (χ4v) is 6.28. The van der Waals surface area contributed by atoms with Gasteiger partial charge in [0.05, 0.1) is 0 Å². The maximum atomic E-state index is 11.5. The van der Waals surface area contributed by atoms with Crippen molar-refractivity contribution in [1.82, 2.24) is 29.8 Å². The van der Waals surface area contributed by atoms with Crippen LogP contribution >= 0.6 is 0 Å². The molecule has 0 aromatic heterocycles. The van der Waals surface area contributed by atoms with Crippen LogP contribution in [-0.4, -0.2) is 117 Å². The molecule has 0 aliphatic heterocycles. The third-order valence-electron chi connectivity index (χ3n) is 8.34. The van der Waals surface area contributed by atoms with Crippen LogP contribution in [0.1, 0.15) is 57.0 Å². The summed E-state index contributed by atoms with van der Waals surface area (Å²) in [5, 5.41) is 37.6. The van der Waals surface area contributed by atoms with Gasteiger partial charge in [-0.2, -0.15) is 0 Å². The average Bonchev–Trinajstić information content (AvgIpc) is 2.93. The SMILES string of the molecule is CNCc1cc(C(C)(c2cc(CN(C)C)c(O)c(CN(C)C)c2)c2cc(CN(C)C)c(O)c(CN(C)C)c2)cc(CN(C)C)c1O. The second kappa shape index (κ2) is 15.6. The highest BCUT2D eigenvalue weighted by molar-refractivity contribution is 5.60. The molecule has 254 valence electrons. The Balaban J connectivity index is 2.56. The summed E-state index contributed by atoms with van der Waals surface area (Å²) in [4.78, 5) is 10.3. The lowest BCUT2D eigenvalue weighted by Gasteiger charge is -2.36. The van der Waals surface area contributed by atoms with Crippen molar-refractivity contribution in [1.29, 1.82) is 0 Å². The number of hydrogen-bond acceptors (Lipinski definition) is 9. The van der Waals surface area contributed by atoms with Gasteiger partial charge in [-0.1, -0.05) is 0 Å². The normalized spacial score (nSPS) is 12.5. The molecule has 9 heteroatoms. The van der Waals surface area contributed by atoms with Crippen molar-refractivity contribution in [3.05, 3.63) is 86.5 Å². The molecule has 9 nitrogen and oxygen atoms in total. The third-order valence-corrected chi connectivity index (χ3v) is 8.34. The van der Waals surface area contributed by atoms with Gasteiger partial charge < -0.3 is 45.1 Å². The summed E-state index contributed by atoms with van der Waals surface area (Å²) in [5.74, 6) is 0.931. The van der Waals surface area contributed by atoms with E-state index in [1.165, 1.54) is 0 Å². The zero-order chi connectivity index (χ0) is 34.5. The predicted octanol–water partition coefficient (Wildman–Crippen LogP) is 4.19. The van der Waals surface area contributed by atoms with Gasteiger partial charge in [0.2, 0.25) is 0 Å². The number of nitrogens with one attached hydrogen (secondary N) is 1. The summed E-state index contributed by atoms with van der Waals surface area (Å²) in [6, 6.07) is 12.8. The Morgan fingerprint density at radius 3 is 0.891 bits per heavy atom. The van der Waals surface area contributed by atoms with Gasteiger partial charge in [-0.05, 0) is 138 Å². The van der Waals surface area contributed by atoms with E-state index in [-0.39, 0.29) is 0 Å². The standard InChI is InChI=1S/C37H58N6O3/c1-37(31-13-25(19-38-2)34(44)26(14-31)20-39(3)4,32-15-27(21-40(5)6)35(45)28(16-32)22-41(7)8)33-17-29(23-42(9)10)36(46)30(18-33)24-43(11)12/h13-18,38,44-46H,19-24H2,1-12H3. The molecule has 0 amide bonds. The van der Waals surface area contributed by atoms with Gasteiger partial charge in [-0.25, -0.2) is 0 Å². The van der Waals surface area contributed by atoms with Gasteiger partial charge in [-0.15, -0.1) is 0 Å². The Hall–Kier alpha value is -3.18. The Bertz CT molecular complexity index is 1350. The van der Waals surface area contributed by atoms with E-state index in [2.05, 4.69) is 73.1 Å². The van der Waals surface area contributed by atoms with Gasteiger partial charge in [0, 0.05) is 78.1 Å². The van der Waals surface area contributed by atoms with Crippen molar-refractivity contribution in [2.24, 2.45) is 0 Å². The molecule has 0 aliphatic carbocycles. The molecule has 0 saturated carbocycles. The smallest absolute Gasteiger partial charge is 0.124 e. The number of phenols is 3. The fourth-order valence-electron chi connectivity index (χ4n) is 6.28. The van der Waals surface area contributed by atoms with Crippen LogP contribution in [0.5, 0.6) is 17.2 Å². The number of hydrogen-bond donors (Lipinski definition) is 4. The molecule has 0 fully saturated rings. The van der Waals surface area contributed by atoms with Gasteiger partial charge in [0.25, 0.3) is 0 Å². The zero-order valence-electron chi connectivity index (χ0n) is 30.3. The molecule has 0 atom stereocenters. The van der Waals surface area contributed by atoms with Gasteiger partial charge in [-0.3, -0.25) is 0 Å². The van der Waals surface area contributed by atoms with Crippen molar-refractivity contribution in [3.63, 3.8) is 0 Å². The second-order valence-corrected chi connectivity index (χ2v) is 14.3. The van der Waals surface area contributed by atoms with E-state index in [1.54, 1.807) is 0 Å². The molecule has 46 heavy (non-hydrogen) atoms. The van der Waals surface area contributed by atoms with Crippen molar-refractivity contribution in [2.75, 3.05) is 77.5 Å². The number of rotatable bonds is 15.